The van der Waals surface area contributed by atoms with Crippen molar-refractivity contribution in [2.45, 2.75) is 50.5 Å². The molecule has 2 atom stereocenters. The Morgan fingerprint density at radius 1 is 1.41 bits per heavy atom. The van der Waals surface area contributed by atoms with Crippen molar-refractivity contribution in [3.63, 3.8) is 0 Å². The van der Waals surface area contributed by atoms with Gasteiger partial charge in [0.05, 0.1) is 6.26 Å². The van der Waals surface area contributed by atoms with E-state index in [-0.39, 0.29) is 17.7 Å². The van der Waals surface area contributed by atoms with E-state index in [4.69, 9.17) is 8.94 Å². The van der Waals surface area contributed by atoms with Gasteiger partial charge in [-0.15, -0.1) is 0 Å². The second-order valence-electron chi connectivity index (χ2n) is 6.38. The van der Waals surface area contributed by atoms with E-state index in [0.29, 0.717) is 11.7 Å². The lowest BCUT2D eigenvalue weighted by atomic mass is 9.96. The molecule has 0 spiro atoms. The summed E-state index contributed by atoms with van der Waals surface area (Å²) < 4.78 is 10.5. The summed E-state index contributed by atoms with van der Waals surface area (Å²) in [6.45, 7) is 1.77. The molecule has 2 aromatic heterocycles. The molecule has 2 aliphatic carbocycles. The summed E-state index contributed by atoms with van der Waals surface area (Å²) in [5.74, 6) is 2.33. The number of nitrogens with zero attached hydrogens (tertiary/aromatic N) is 2. The van der Waals surface area contributed by atoms with Gasteiger partial charge in [-0.05, 0) is 31.4 Å². The Labute approximate surface area is 128 Å². The minimum absolute atomic E-state index is 0.00313. The summed E-state index contributed by atoms with van der Waals surface area (Å²) >= 11 is 0. The van der Waals surface area contributed by atoms with Crippen LogP contribution in [-0.2, 0) is 10.3 Å². The number of carbonyl (C=O) groups excluding carboxylic acids is 1. The van der Waals surface area contributed by atoms with Crippen LogP contribution in [0.3, 0.4) is 0 Å². The van der Waals surface area contributed by atoms with Crippen LogP contribution >= 0.6 is 0 Å². The zero-order valence-electron chi connectivity index (χ0n) is 12.5. The van der Waals surface area contributed by atoms with Crippen molar-refractivity contribution in [3.05, 3.63) is 35.9 Å². The van der Waals surface area contributed by atoms with Gasteiger partial charge >= 0.3 is 0 Å². The Hall–Kier alpha value is -2.11. The second-order valence-corrected chi connectivity index (χ2v) is 6.38. The van der Waals surface area contributed by atoms with E-state index in [1.165, 1.54) is 0 Å². The number of amides is 1. The summed E-state index contributed by atoms with van der Waals surface area (Å²) in [6.07, 6.45) is 6.38. The third-order valence-corrected chi connectivity index (χ3v) is 4.81. The standard InChI is InChI=1S/C16H19N3O3/c1-10-17-15(19-22-10)16(6-2-3-7-16)18-14(20)12-9-11(12)13-5-4-8-21-13/h4-5,8,11-12H,2-3,6-7,9H2,1H3,(H,18,20). The Morgan fingerprint density at radius 3 is 2.86 bits per heavy atom. The first-order chi connectivity index (χ1) is 10.7. The number of nitrogens with one attached hydrogen (secondary N) is 1. The predicted octanol–water partition coefficient (Wildman–Crippen LogP) is 2.66. The van der Waals surface area contributed by atoms with Crippen LogP contribution in [-0.4, -0.2) is 16.0 Å². The third-order valence-electron chi connectivity index (χ3n) is 4.81. The quantitative estimate of drug-likeness (QED) is 0.939. The van der Waals surface area contributed by atoms with Crippen molar-refractivity contribution < 1.29 is 13.7 Å². The van der Waals surface area contributed by atoms with Crippen LogP contribution in [0.25, 0.3) is 0 Å². The highest BCUT2D eigenvalue weighted by molar-refractivity contribution is 5.83. The van der Waals surface area contributed by atoms with E-state index in [9.17, 15) is 4.79 Å². The molecule has 1 amide bonds. The monoisotopic (exact) mass is 301 g/mol. The molecule has 0 radical (unpaired) electrons. The largest absolute Gasteiger partial charge is 0.469 e. The molecule has 2 saturated carbocycles. The van der Waals surface area contributed by atoms with Crippen molar-refractivity contribution in [1.82, 2.24) is 15.5 Å². The molecule has 0 bridgehead atoms. The van der Waals surface area contributed by atoms with Crippen LogP contribution in [0.5, 0.6) is 0 Å². The van der Waals surface area contributed by atoms with Gasteiger partial charge in [-0.1, -0.05) is 18.0 Å². The van der Waals surface area contributed by atoms with Crippen LogP contribution in [0, 0.1) is 12.8 Å². The summed E-state index contributed by atoms with van der Waals surface area (Å²) in [5.41, 5.74) is -0.453. The number of aromatic nitrogens is 2. The smallest absolute Gasteiger partial charge is 0.224 e. The van der Waals surface area contributed by atoms with Gasteiger partial charge in [0.25, 0.3) is 0 Å². The molecule has 116 valence electrons. The van der Waals surface area contributed by atoms with Crippen LogP contribution in [0.1, 0.15) is 55.5 Å². The van der Waals surface area contributed by atoms with Gasteiger partial charge in [0.1, 0.15) is 11.3 Å². The molecule has 2 unspecified atom stereocenters. The van der Waals surface area contributed by atoms with Gasteiger partial charge in [-0.25, -0.2) is 0 Å². The predicted molar refractivity (Wildman–Crippen MR) is 76.9 cm³/mol. The fourth-order valence-electron chi connectivity index (χ4n) is 3.51. The number of carbonyl (C=O) groups is 1. The molecule has 0 saturated heterocycles. The molecule has 2 fully saturated rings. The lowest BCUT2D eigenvalue weighted by molar-refractivity contribution is -0.124. The van der Waals surface area contributed by atoms with Crippen LogP contribution in [0.2, 0.25) is 0 Å². The summed E-state index contributed by atoms with van der Waals surface area (Å²) in [6, 6.07) is 3.80. The van der Waals surface area contributed by atoms with Crippen molar-refractivity contribution in [2.75, 3.05) is 0 Å². The number of hydrogen-bond acceptors (Lipinski definition) is 5. The highest BCUT2D eigenvalue weighted by atomic mass is 16.5. The summed E-state index contributed by atoms with van der Waals surface area (Å²) in [4.78, 5) is 17.0. The highest BCUT2D eigenvalue weighted by Gasteiger charge is 2.49. The van der Waals surface area contributed by atoms with Crippen molar-refractivity contribution in [3.8, 4) is 0 Å². The molecule has 2 aromatic rings. The molecule has 22 heavy (non-hydrogen) atoms. The molecule has 1 N–H and O–H groups in total. The fourth-order valence-corrected chi connectivity index (χ4v) is 3.51. The molecule has 0 aliphatic heterocycles. The maximum absolute atomic E-state index is 12.6. The minimum Gasteiger partial charge on any atom is -0.469 e. The van der Waals surface area contributed by atoms with Crippen molar-refractivity contribution >= 4 is 5.91 Å². The number of aryl methyl sites for hydroxylation is 1. The summed E-state index contributed by atoms with van der Waals surface area (Å²) in [5, 5.41) is 7.26. The Kier molecular flexibility index (Phi) is 3.06. The molecule has 0 aromatic carbocycles. The van der Waals surface area contributed by atoms with E-state index in [2.05, 4.69) is 15.5 Å². The topological polar surface area (TPSA) is 81.2 Å². The van der Waals surface area contributed by atoms with E-state index in [1.807, 2.05) is 12.1 Å². The molecule has 6 nitrogen and oxygen atoms in total. The van der Waals surface area contributed by atoms with E-state index in [0.717, 1.165) is 37.9 Å². The Balaban J connectivity index is 1.50. The van der Waals surface area contributed by atoms with Crippen LogP contribution in [0.4, 0.5) is 0 Å². The SMILES string of the molecule is Cc1nc(C2(NC(=O)C3CC3c3ccco3)CCCC2)no1. The summed E-state index contributed by atoms with van der Waals surface area (Å²) in [7, 11) is 0. The first kappa shape index (κ1) is 13.5. The van der Waals surface area contributed by atoms with Gasteiger partial charge in [0.15, 0.2) is 5.82 Å². The zero-order chi connectivity index (χ0) is 15.2. The second kappa shape index (κ2) is 4.97. The average molecular weight is 301 g/mol. The Morgan fingerprint density at radius 2 is 2.23 bits per heavy atom. The molecular formula is C16H19N3O3. The minimum atomic E-state index is -0.453. The lowest BCUT2D eigenvalue weighted by Gasteiger charge is -2.26. The number of furan rings is 1. The first-order valence-corrected chi connectivity index (χ1v) is 7.84. The van der Waals surface area contributed by atoms with E-state index < -0.39 is 5.54 Å². The van der Waals surface area contributed by atoms with Gasteiger partial charge in [0, 0.05) is 18.8 Å². The molecule has 4 rings (SSSR count). The van der Waals surface area contributed by atoms with Gasteiger partial charge in [0.2, 0.25) is 11.8 Å². The normalized spacial score (nSPS) is 26.0. The molecule has 2 heterocycles. The zero-order valence-corrected chi connectivity index (χ0v) is 12.5. The average Bonchev–Trinajstić information content (AvgIpc) is 2.96. The molecule has 2 aliphatic rings. The van der Waals surface area contributed by atoms with Crippen molar-refractivity contribution in [2.24, 2.45) is 5.92 Å². The number of rotatable bonds is 4. The maximum Gasteiger partial charge on any atom is 0.224 e. The van der Waals surface area contributed by atoms with Crippen LogP contribution in [0.15, 0.2) is 27.3 Å². The highest BCUT2D eigenvalue weighted by Crippen LogP contribution is 2.49. The first-order valence-electron chi connectivity index (χ1n) is 7.84. The van der Waals surface area contributed by atoms with Crippen LogP contribution < -0.4 is 5.32 Å². The maximum atomic E-state index is 12.6. The molecular weight excluding hydrogens is 282 g/mol. The molecule has 6 heteroatoms. The van der Waals surface area contributed by atoms with E-state index >= 15 is 0 Å². The van der Waals surface area contributed by atoms with E-state index in [1.54, 1.807) is 13.2 Å². The number of hydrogen-bond donors (Lipinski definition) is 1. The lowest BCUT2D eigenvalue weighted by Crippen LogP contribution is -2.45. The fraction of sp³-hybridized carbons (Fsp3) is 0.562. The van der Waals surface area contributed by atoms with Crippen molar-refractivity contribution in [1.29, 1.82) is 0 Å². The third kappa shape index (κ3) is 2.23. The Bertz CT molecular complexity index is 671. The van der Waals surface area contributed by atoms with Gasteiger partial charge in [-0.3, -0.25) is 4.79 Å². The van der Waals surface area contributed by atoms with Gasteiger partial charge < -0.3 is 14.3 Å². The van der Waals surface area contributed by atoms with Gasteiger partial charge in [-0.2, -0.15) is 4.98 Å².